The van der Waals surface area contributed by atoms with Crippen LogP contribution >= 0.6 is 0 Å². The van der Waals surface area contributed by atoms with E-state index < -0.39 is 38.3 Å². The number of aromatic nitrogens is 1. The van der Waals surface area contributed by atoms with Crippen molar-refractivity contribution in [2.24, 2.45) is 0 Å². The Balaban J connectivity index is 1.96. The molecule has 3 heteroatoms. The van der Waals surface area contributed by atoms with Crippen molar-refractivity contribution in [3.05, 3.63) is 78.0 Å². The molecule has 0 amide bonds. The number of para-hydroxylation sites is 1. The van der Waals surface area contributed by atoms with Crippen LogP contribution < -0.4 is 4.74 Å². The van der Waals surface area contributed by atoms with Crippen molar-refractivity contribution in [3.8, 4) is 5.75 Å². The fourth-order valence-corrected chi connectivity index (χ4v) is 3.36. The minimum Gasteiger partial charge on any atom is -0.496 e. The number of hydrogen-bond donors (Lipinski definition) is 0. The predicted octanol–water partition coefficient (Wildman–Crippen LogP) is 6.22. The van der Waals surface area contributed by atoms with Gasteiger partial charge in [-0.3, -0.25) is 4.79 Å². The Morgan fingerprint density at radius 2 is 1.82 bits per heavy atom. The van der Waals surface area contributed by atoms with Crippen molar-refractivity contribution in [3.63, 3.8) is 0 Å². The first-order chi connectivity index (χ1) is 17.9. The zero-order chi connectivity index (χ0) is 29.2. The van der Waals surface area contributed by atoms with E-state index in [1.165, 1.54) is 25.3 Å². The van der Waals surface area contributed by atoms with E-state index in [-0.39, 0.29) is 27.8 Å². The SMILES string of the molecule is [2H]C([2H])([2H])C([2H])([2H])C([2H])([2H])C([2H])([2H])C([2H])([2H])n1cc(C(=O)c2c(OC)ccc3ccccc23)c2ccccc21. The first kappa shape index (κ1) is 9.42. The largest absolute Gasteiger partial charge is 0.496 e. The molecule has 142 valence electrons. The second kappa shape index (κ2) is 7.89. The highest BCUT2D eigenvalue weighted by Gasteiger charge is 2.22. The molecule has 0 spiro atoms. The van der Waals surface area contributed by atoms with Gasteiger partial charge in [-0.25, -0.2) is 0 Å². The van der Waals surface area contributed by atoms with E-state index in [0.29, 0.717) is 5.39 Å². The quantitative estimate of drug-likeness (QED) is 0.355. The summed E-state index contributed by atoms with van der Waals surface area (Å²) >= 11 is 0. The summed E-state index contributed by atoms with van der Waals surface area (Å²) in [7, 11) is 1.40. The number of ether oxygens (including phenoxy) is 1. The van der Waals surface area contributed by atoms with Gasteiger partial charge in [-0.15, -0.1) is 0 Å². The Hall–Kier alpha value is -3.07. The fourth-order valence-electron chi connectivity index (χ4n) is 3.36. The van der Waals surface area contributed by atoms with Crippen LogP contribution in [0.3, 0.4) is 0 Å². The van der Waals surface area contributed by atoms with Crippen molar-refractivity contribution in [1.82, 2.24) is 4.57 Å². The maximum atomic E-state index is 14.0. The van der Waals surface area contributed by atoms with E-state index in [9.17, 15) is 4.79 Å². The molecule has 0 bridgehead atoms. The van der Waals surface area contributed by atoms with E-state index in [0.717, 1.165) is 16.2 Å². The van der Waals surface area contributed by atoms with Crippen LogP contribution in [0.5, 0.6) is 5.75 Å². The molecule has 4 rings (SSSR count). The number of carbonyl (C=O) groups excluding carboxylic acids is 1. The van der Waals surface area contributed by atoms with Gasteiger partial charge < -0.3 is 9.30 Å². The lowest BCUT2D eigenvalue weighted by molar-refractivity contribution is 0.103. The minimum atomic E-state index is -3.83. The van der Waals surface area contributed by atoms with Gasteiger partial charge in [0.25, 0.3) is 0 Å². The third-order valence-electron chi connectivity index (χ3n) is 4.60. The molecule has 0 aliphatic carbocycles. The van der Waals surface area contributed by atoms with Gasteiger partial charge in [-0.05, 0) is 29.3 Å². The van der Waals surface area contributed by atoms with Crippen LogP contribution in [0.4, 0.5) is 0 Å². The summed E-state index contributed by atoms with van der Waals surface area (Å²) in [5.41, 5.74) is 0.189. The third-order valence-corrected chi connectivity index (χ3v) is 4.60. The molecule has 0 saturated heterocycles. The normalized spacial score (nSPS) is 19.5. The number of aryl methyl sites for hydroxylation is 1. The fraction of sp³-hybridized carbons (Fsp3) is 0.240. The molecule has 3 aromatic carbocycles. The summed E-state index contributed by atoms with van der Waals surface area (Å²) in [5, 5.41) is 1.55. The zero-order valence-electron chi connectivity index (χ0n) is 26.1. The number of carbonyl (C=O) groups is 1. The van der Waals surface area contributed by atoms with Crippen molar-refractivity contribution in [1.29, 1.82) is 0 Å². The molecule has 4 aromatic rings. The second-order valence-corrected chi connectivity index (χ2v) is 6.11. The van der Waals surface area contributed by atoms with E-state index >= 15 is 0 Å². The number of hydrogen-bond acceptors (Lipinski definition) is 2. The van der Waals surface area contributed by atoms with Crippen LogP contribution in [0.1, 0.15) is 57.0 Å². The summed E-state index contributed by atoms with van der Waals surface area (Å²) < 4.78 is 94.9. The number of nitrogens with zero attached hydrogens (tertiary/aromatic N) is 1. The van der Waals surface area contributed by atoms with Crippen LogP contribution in [0, 0.1) is 0 Å². The van der Waals surface area contributed by atoms with Gasteiger partial charge in [-0.2, -0.15) is 0 Å². The van der Waals surface area contributed by atoms with Crippen LogP contribution in [0.15, 0.2) is 66.9 Å². The zero-order valence-corrected chi connectivity index (χ0v) is 15.1. The standard InChI is InChI=1S/C25H25NO2/c1-3-4-9-16-26-17-21(20-12-7-8-13-22(20)26)25(27)24-19-11-6-5-10-18(19)14-15-23(24)28-2/h5-8,10-15,17H,3-4,9,16H2,1-2H3/i1D3,3D2,4D2,9D2,16D2. The topological polar surface area (TPSA) is 31.2 Å². The van der Waals surface area contributed by atoms with Crippen molar-refractivity contribution in [2.45, 2.75) is 32.5 Å². The van der Waals surface area contributed by atoms with Crippen molar-refractivity contribution >= 4 is 27.5 Å². The van der Waals surface area contributed by atoms with Crippen LogP contribution in [0.2, 0.25) is 0 Å². The predicted molar refractivity (Wildman–Crippen MR) is 115 cm³/mol. The second-order valence-electron chi connectivity index (χ2n) is 6.11. The lowest BCUT2D eigenvalue weighted by Crippen LogP contribution is -2.05. The Kier molecular flexibility index (Phi) is 2.65. The summed E-state index contributed by atoms with van der Waals surface area (Å²) in [6.07, 6.45) is -10.3. The third kappa shape index (κ3) is 3.18. The molecule has 3 nitrogen and oxygen atoms in total. The monoisotopic (exact) mass is 382 g/mol. The Morgan fingerprint density at radius 1 is 1.04 bits per heavy atom. The van der Waals surface area contributed by atoms with E-state index in [4.69, 9.17) is 19.8 Å². The Bertz CT molecular complexity index is 1570. The number of rotatable bonds is 7. The average Bonchev–Trinajstić information content (AvgIpc) is 3.27. The Labute approximate surface area is 181 Å². The number of benzene rings is 3. The maximum Gasteiger partial charge on any atom is 0.199 e. The molecular weight excluding hydrogens is 346 g/mol. The number of ketones is 1. The molecule has 1 aromatic heterocycles. The highest BCUT2D eigenvalue weighted by molar-refractivity contribution is 6.22. The molecule has 0 saturated carbocycles. The van der Waals surface area contributed by atoms with E-state index in [1.807, 2.05) is 6.07 Å². The van der Waals surface area contributed by atoms with Gasteiger partial charge in [-0.1, -0.05) is 68.1 Å². The molecule has 0 aliphatic heterocycles. The van der Waals surface area contributed by atoms with Crippen molar-refractivity contribution in [2.75, 3.05) is 7.11 Å². The summed E-state index contributed by atoms with van der Waals surface area (Å²) in [5.74, 6) is -0.299. The highest BCUT2D eigenvalue weighted by Crippen LogP contribution is 2.33. The summed E-state index contributed by atoms with van der Waals surface area (Å²) in [6, 6.07) is 16.5. The van der Waals surface area contributed by atoms with Gasteiger partial charge >= 0.3 is 0 Å². The van der Waals surface area contributed by atoms with Crippen LogP contribution in [0.25, 0.3) is 21.7 Å². The molecule has 0 N–H and O–H groups in total. The average molecular weight is 383 g/mol. The smallest absolute Gasteiger partial charge is 0.199 e. The lowest BCUT2D eigenvalue weighted by Gasteiger charge is -2.11. The first-order valence-electron chi connectivity index (χ1n) is 14.1. The molecule has 1 heterocycles. The first-order valence-corrected chi connectivity index (χ1v) is 8.63. The van der Waals surface area contributed by atoms with E-state index in [1.54, 1.807) is 36.4 Å². The molecular formula is C25H25NO2. The molecule has 28 heavy (non-hydrogen) atoms. The van der Waals surface area contributed by atoms with Gasteiger partial charge in [0.1, 0.15) is 5.75 Å². The van der Waals surface area contributed by atoms with Crippen molar-refractivity contribution < 1.29 is 24.6 Å². The van der Waals surface area contributed by atoms with Crippen LogP contribution in [-0.4, -0.2) is 17.5 Å². The van der Waals surface area contributed by atoms with Gasteiger partial charge in [0.2, 0.25) is 0 Å². The Morgan fingerprint density at radius 3 is 2.64 bits per heavy atom. The molecule has 0 radical (unpaired) electrons. The number of fused-ring (bicyclic) bond motifs is 2. The van der Waals surface area contributed by atoms with Gasteiger partial charge in [0.15, 0.2) is 5.78 Å². The maximum absolute atomic E-state index is 14.0. The van der Waals surface area contributed by atoms with Gasteiger partial charge in [0.05, 0.1) is 12.7 Å². The molecule has 0 fully saturated rings. The lowest BCUT2D eigenvalue weighted by atomic mass is 9.96. The molecule has 0 aliphatic rings. The highest BCUT2D eigenvalue weighted by atomic mass is 16.5. The van der Waals surface area contributed by atoms with Gasteiger partial charge in [0, 0.05) is 44.2 Å². The van der Waals surface area contributed by atoms with Crippen LogP contribution in [-0.2, 0) is 6.50 Å². The minimum absolute atomic E-state index is 0.0270. The summed E-state index contributed by atoms with van der Waals surface area (Å²) in [4.78, 5) is 14.0. The number of methoxy groups -OCH3 is 1. The molecule has 0 atom stereocenters. The molecule has 0 unspecified atom stereocenters. The van der Waals surface area contributed by atoms with E-state index in [2.05, 4.69) is 0 Å². The summed E-state index contributed by atoms with van der Waals surface area (Å²) in [6.45, 7) is -6.94.